The fourth-order valence-corrected chi connectivity index (χ4v) is 3.92. The van der Waals surface area contributed by atoms with Gasteiger partial charge in [-0.25, -0.2) is 0 Å². The van der Waals surface area contributed by atoms with E-state index in [9.17, 15) is 0 Å². The summed E-state index contributed by atoms with van der Waals surface area (Å²) < 4.78 is 2.55. The van der Waals surface area contributed by atoms with Crippen LogP contribution >= 0.6 is 0 Å². The minimum absolute atomic E-state index is 1.11. The number of benzene rings is 2. The van der Waals surface area contributed by atoms with Crippen molar-refractivity contribution < 1.29 is 0 Å². The Morgan fingerprint density at radius 2 is 1.77 bits per heavy atom. The molecule has 4 rings (SSSR count). The van der Waals surface area contributed by atoms with Gasteiger partial charge in [-0.3, -0.25) is 0 Å². The first-order valence-electron chi connectivity index (χ1n) is 8.58. The molecule has 0 amide bonds. The number of aromatic nitrogens is 1. The molecule has 1 heteroatoms. The van der Waals surface area contributed by atoms with Crippen molar-refractivity contribution in [3.05, 3.63) is 59.7 Å². The molecular formula is C21H23N. The number of rotatable bonds is 4. The van der Waals surface area contributed by atoms with E-state index in [1.807, 2.05) is 0 Å². The van der Waals surface area contributed by atoms with Crippen molar-refractivity contribution in [1.29, 1.82) is 0 Å². The summed E-state index contributed by atoms with van der Waals surface area (Å²) in [6.07, 6.45) is 6.24. The van der Waals surface area contributed by atoms with Gasteiger partial charge in [0.25, 0.3) is 0 Å². The molecule has 1 aliphatic rings. The van der Waals surface area contributed by atoms with Crippen LogP contribution in [0.1, 0.15) is 37.3 Å². The molecule has 1 nitrogen and oxygen atoms in total. The highest BCUT2D eigenvalue weighted by atomic mass is 15.0. The Morgan fingerprint density at radius 1 is 0.955 bits per heavy atom. The first-order chi connectivity index (χ1) is 10.9. The second-order valence-corrected chi connectivity index (χ2v) is 6.36. The summed E-state index contributed by atoms with van der Waals surface area (Å²) in [6.45, 7) is 3.39. The first kappa shape index (κ1) is 13.6. The number of hydrogen-bond acceptors (Lipinski definition) is 0. The largest absolute Gasteiger partial charge is 0.340 e. The molecule has 0 bridgehead atoms. The van der Waals surface area contributed by atoms with Crippen LogP contribution in [-0.4, -0.2) is 4.57 Å². The van der Waals surface area contributed by atoms with Crippen molar-refractivity contribution in [3.63, 3.8) is 0 Å². The zero-order chi connectivity index (χ0) is 14.9. The van der Waals surface area contributed by atoms with Crippen molar-refractivity contribution in [3.8, 4) is 11.3 Å². The quantitative estimate of drug-likeness (QED) is 0.551. The molecule has 0 radical (unpaired) electrons. The van der Waals surface area contributed by atoms with Gasteiger partial charge in [-0.1, -0.05) is 62.2 Å². The maximum atomic E-state index is 2.55. The van der Waals surface area contributed by atoms with Crippen LogP contribution in [0.4, 0.5) is 0 Å². The van der Waals surface area contributed by atoms with Gasteiger partial charge in [0, 0.05) is 23.0 Å². The zero-order valence-corrected chi connectivity index (χ0v) is 13.3. The Balaban J connectivity index is 1.94. The Kier molecular flexibility index (Phi) is 3.49. The summed E-state index contributed by atoms with van der Waals surface area (Å²) in [5.41, 5.74) is 7.43. The van der Waals surface area contributed by atoms with E-state index in [1.165, 1.54) is 53.4 Å². The van der Waals surface area contributed by atoms with E-state index in [0.717, 1.165) is 13.0 Å². The lowest BCUT2D eigenvalue weighted by Crippen LogP contribution is -2.11. The molecule has 1 aliphatic heterocycles. The van der Waals surface area contributed by atoms with Gasteiger partial charge in [-0.15, -0.1) is 0 Å². The van der Waals surface area contributed by atoms with Crippen LogP contribution in [0.15, 0.2) is 48.5 Å². The molecule has 0 N–H and O–H groups in total. The molecule has 22 heavy (non-hydrogen) atoms. The van der Waals surface area contributed by atoms with Crippen LogP contribution in [0.25, 0.3) is 22.2 Å². The van der Waals surface area contributed by atoms with Crippen molar-refractivity contribution in [2.24, 2.45) is 0 Å². The smallest absolute Gasteiger partial charge is 0.0526 e. The highest BCUT2D eigenvalue weighted by Gasteiger charge is 2.22. The van der Waals surface area contributed by atoms with Crippen LogP contribution in [0, 0.1) is 0 Å². The lowest BCUT2D eigenvalue weighted by Gasteiger charge is -2.21. The summed E-state index contributed by atoms with van der Waals surface area (Å²) in [5.74, 6) is 0. The van der Waals surface area contributed by atoms with Crippen molar-refractivity contribution in [1.82, 2.24) is 4.57 Å². The van der Waals surface area contributed by atoms with Crippen LogP contribution in [0.3, 0.4) is 0 Å². The maximum absolute atomic E-state index is 2.55. The lowest BCUT2D eigenvalue weighted by molar-refractivity contribution is 0.694. The molecule has 0 aliphatic carbocycles. The Morgan fingerprint density at radius 3 is 2.68 bits per heavy atom. The number of fused-ring (bicyclic) bond motifs is 5. The molecule has 1 aromatic heterocycles. The molecule has 2 aromatic carbocycles. The number of hydrogen-bond donors (Lipinski definition) is 0. The van der Waals surface area contributed by atoms with E-state index in [4.69, 9.17) is 0 Å². The highest BCUT2D eigenvalue weighted by Crippen LogP contribution is 2.39. The molecule has 0 saturated carbocycles. The predicted octanol–water partition coefficient (Wildman–Crippen LogP) is 5.60. The summed E-state index contributed by atoms with van der Waals surface area (Å²) >= 11 is 0. The summed E-state index contributed by atoms with van der Waals surface area (Å²) in [7, 11) is 0. The van der Waals surface area contributed by atoms with Crippen LogP contribution < -0.4 is 0 Å². The molecule has 0 fully saturated rings. The molecule has 2 heterocycles. The normalized spacial score (nSPS) is 13.1. The SMILES string of the molecule is CCCCCc1c2n(c3ccccc13)CCc1ccccc1-2. The number of aryl methyl sites for hydroxylation is 3. The third-order valence-corrected chi connectivity index (χ3v) is 4.98. The van der Waals surface area contributed by atoms with Gasteiger partial charge in [0.2, 0.25) is 0 Å². The number of unbranched alkanes of at least 4 members (excludes halogenated alkanes) is 2. The average Bonchev–Trinajstić information content (AvgIpc) is 2.90. The molecule has 0 unspecified atom stereocenters. The van der Waals surface area contributed by atoms with E-state index in [0.29, 0.717) is 0 Å². The third kappa shape index (κ3) is 2.08. The van der Waals surface area contributed by atoms with E-state index in [1.54, 1.807) is 5.56 Å². The minimum atomic E-state index is 1.11. The molecule has 0 spiro atoms. The molecule has 3 aromatic rings. The van der Waals surface area contributed by atoms with Crippen LogP contribution in [0.5, 0.6) is 0 Å². The van der Waals surface area contributed by atoms with Gasteiger partial charge in [-0.05, 0) is 36.5 Å². The van der Waals surface area contributed by atoms with Crippen molar-refractivity contribution in [2.75, 3.05) is 0 Å². The molecule has 0 atom stereocenters. The predicted molar refractivity (Wildman–Crippen MR) is 94.3 cm³/mol. The molecule has 112 valence electrons. The van der Waals surface area contributed by atoms with Gasteiger partial charge in [-0.2, -0.15) is 0 Å². The maximum Gasteiger partial charge on any atom is 0.0526 e. The van der Waals surface area contributed by atoms with Gasteiger partial charge in [0.05, 0.1) is 5.69 Å². The van der Waals surface area contributed by atoms with Gasteiger partial charge >= 0.3 is 0 Å². The van der Waals surface area contributed by atoms with E-state index < -0.39 is 0 Å². The number of para-hydroxylation sites is 1. The molecule has 0 saturated heterocycles. The van der Waals surface area contributed by atoms with E-state index in [2.05, 4.69) is 60.0 Å². The fourth-order valence-electron chi connectivity index (χ4n) is 3.92. The van der Waals surface area contributed by atoms with Gasteiger partial charge in [0.1, 0.15) is 0 Å². The van der Waals surface area contributed by atoms with Gasteiger partial charge < -0.3 is 4.57 Å². The minimum Gasteiger partial charge on any atom is -0.340 e. The summed E-state index contributed by atoms with van der Waals surface area (Å²) in [6, 6.07) is 17.9. The van der Waals surface area contributed by atoms with Crippen LogP contribution in [-0.2, 0) is 19.4 Å². The Bertz CT molecular complexity index is 810. The number of nitrogens with zero attached hydrogens (tertiary/aromatic N) is 1. The third-order valence-electron chi connectivity index (χ3n) is 4.98. The second-order valence-electron chi connectivity index (χ2n) is 6.36. The monoisotopic (exact) mass is 289 g/mol. The highest BCUT2D eigenvalue weighted by molar-refractivity contribution is 5.93. The average molecular weight is 289 g/mol. The van der Waals surface area contributed by atoms with E-state index in [-0.39, 0.29) is 0 Å². The standard InChI is InChI=1S/C21H23N/c1-2-3-4-12-19-18-11-7-8-13-20(18)22-15-14-16-9-5-6-10-17(16)21(19)22/h5-11,13H,2-4,12,14-15H2,1H3. The van der Waals surface area contributed by atoms with Crippen LogP contribution in [0.2, 0.25) is 0 Å². The Hall–Kier alpha value is -2.02. The fraction of sp³-hybridized carbons (Fsp3) is 0.333. The van der Waals surface area contributed by atoms with Crippen molar-refractivity contribution >= 4 is 10.9 Å². The first-order valence-corrected chi connectivity index (χ1v) is 8.58. The summed E-state index contributed by atoms with van der Waals surface area (Å²) in [4.78, 5) is 0. The molecular weight excluding hydrogens is 266 g/mol. The lowest BCUT2D eigenvalue weighted by atomic mass is 9.94. The second kappa shape index (κ2) is 5.64. The van der Waals surface area contributed by atoms with Crippen molar-refractivity contribution in [2.45, 2.75) is 45.6 Å². The Labute approximate surface area is 132 Å². The summed E-state index contributed by atoms with van der Waals surface area (Å²) in [5, 5.41) is 1.46. The zero-order valence-electron chi connectivity index (χ0n) is 13.3. The topological polar surface area (TPSA) is 4.93 Å². The van der Waals surface area contributed by atoms with E-state index >= 15 is 0 Å². The van der Waals surface area contributed by atoms with Gasteiger partial charge in [0.15, 0.2) is 0 Å².